The standard InChI is InChI=1S/C13H18BrN5O/c14-9-5-10(12(18-15)16-6-9)13(20)17-11-7-19-3-1-8(11)2-4-19/h5-6,8,11H,1-4,7,15H2,(H,16,18)(H,17,20). The van der Waals surface area contributed by atoms with E-state index in [1.165, 1.54) is 12.8 Å². The average Bonchev–Trinajstić information content (AvgIpc) is 2.48. The van der Waals surface area contributed by atoms with Crippen molar-refractivity contribution in [1.29, 1.82) is 0 Å². The first-order valence-electron chi connectivity index (χ1n) is 6.83. The lowest BCUT2D eigenvalue weighted by Crippen LogP contribution is -2.57. The first-order chi connectivity index (χ1) is 9.67. The maximum atomic E-state index is 12.4. The molecule has 0 saturated carbocycles. The summed E-state index contributed by atoms with van der Waals surface area (Å²) in [6.45, 7) is 3.26. The van der Waals surface area contributed by atoms with E-state index >= 15 is 0 Å². The summed E-state index contributed by atoms with van der Waals surface area (Å²) in [4.78, 5) is 18.9. The number of hydrogen-bond donors (Lipinski definition) is 3. The summed E-state index contributed by atoms with van der Waals surface area (Å²) in [6.07, 6.45) is 3.95. The molecule has 0 aromatic carbocycles. The highest BCUT2D eigenvalue weighted by Crippen LogP contribution is 2.28. The summed E-state index contributed by atoms with van der Waals surface area (Å²) in [6, 6.07) is 1.97. The molecule has 7 heteroatoms. The van der Waals surface area contributed by atoms with E-state index in [1.54, 1.807) is 12.3 Å². The Labute approximate surface area is 126 Å². The number of fused-ring (bicyclic) bond motifs is 3. The third-order valence-electron chi connectivity index (χ3n) is 4.21. The van der Waals surface area contributed by atoms with E-state index in [4.69, 9.17) is 5.84 Å². The normalized spacial score (nSPS) is 28.2. The fraction of sp³-hybridized carbons (Fsp3) is 0.538. The van der Waals surface area contributed by atoms with Crippen molar-refractivity contribution in [2.45, 2.75) is 18.9 Å². The van der Waals surface area contributed by atoms with Crippen molar-refractivity contribution in [3.05, 3.63) is 22.3 Å². The molecule has 1 unspecified atom stereocenters. The maximum absolute atomic E-state index is 12.4. The summed E-state index contributed by atoms with van der Waals surface area (Å²) in [5, 5.41) is 3.13. The lowest BCUT2D eigenvalue weighted by atomic mass is 9.84. The zero-order valence-corrected chi connectivity index (χ0v) is 12.7. The minimum absolute atomic E-state index is 0.120. The molecule has 0 aliphatic carbocycles. The Balaban J connectivity index is 1.75. The van der Waals surface area contributed by atoms with E-state index in [2.05, 4.69) is 36.6 Å². The number of hydrogen-bond acceptors (Lipinski definition) is 5. The van der Waals surface area contributed by atoms with Gasteiger partial charge in [0.2, 0.25) is 0 Å². The second-order valence-electron chi connectivity index (χ2n) is 5.41. The van der Waals surface area contributed by atoms with Crippen LogP contribution >= 0.6 is 15.9 Å². The van der Waals surface area contributed by atoms with E-state index in [-0.39, 0.29) is 11.9 Å². The van der Waals surface area contributed by atoms with E-state index < -0.39 is 0 Å². The van der Waals surface area contributed by atoms with Crippen molar-refractivity contribution in [2.75, 3.05) is 25.1 Å². The van der Waals surface area contributed by atoms with Gasteiger partial charge in [-0.05, 0) is 53.8 Å². The van der Waals surface area contributed by atoms with Crippen LogP contribution in [0.3, 0.4) is 0 Å². The number of halogens is 1. The molecular weight excluding hydrogens is 322 g/mol. The van der Waals surface area contributed by atoms with Gasteiger partial charge >= 0.3 is 0 Å². The molecule has 6 nitrogen and oxygen atoms in total. The topological polar surface area (TPSA) is 83.3 Å². The second-order valence-corrected chi connectivity index (χ2v) is 6.33. The minimum atomic E-state index is -0.120. The van der Waals surface area contributed by atoms with Crippen molar-refractivity contribution in [1.82, 2.24) is 15.2 Å². The van der Waals surface area contributed by atoms with Gasteiger partial charge in [-0.1, -0.05) is 0 Å². The summed E-state index contributed by atoms with van der Waals surface area (Å²) in [5.74, 6) is 6.29. The Morgan fingerprint density at radius 2 is 2.20 bits per heavy atom. The zero-order valence-electron chi connectivity index (χ0n) is 11.1. The average molecular weight is 340 g/mol. The molecule has 4 rings (SSSR count). The summed E-state index contributed by atoms with van der Waals surface area (Å²) in [5.41, 5.74) is 2.94. The Morgan fingerprint density at radius 1 is 1.45 bits per heavy atom. The molecular formula is C13H18BrN5O. The van der Waals surface area contributed by atoms with E-state index in [9.17, 15) is 4.79 Å². The molecule has 20 heavy (non-hydrogen) atoms. The predicted octanol–water partition coefficient (Wildman–Crippen LogP) is 0.954. The number of amides is 1. The smallest absolute Gasteiger partial charge is 0.255 e. The van der Waals surface area contributed by atoms with Crippen LogP contribution in [0.5, 0.6) is 0 Å². The highest BCUT2D eigenvalue weighted by atomic mass is 79.9. The molecule has 3 fully saturated rings. The fourth-order valence-corrected chi connectivity index (χ4v) is 3.43. The third-order valence-corrected chi connectivity index (χ3v) is 4.64. The van der Waals surface area contributed by atoms with Crippen molar-refractivity contribution < 1.29 is 4.79 Å². The molecule has 1 aromatic heterocycles. The van der Waals surface area contributed by atoms with Gasteiger partial charge in [-0.25, -0.2) is 10.8 Å². The molecule has 3 saturated heterocycles. The maximum Gasteiger partial charge on any atom is 0.255 e. The Kier molecular flexibility index (Phi) is 3.91. The van der Waals surface area contributed by atoms with Crippen molar-refractivity contribution >= 4 is 27.7 Å². The summed E-state index contributed by atoms with van der Waals surface area (Å²) in [7, 11) is 0. The number of hydrazine groups is 1. The molecule has 108 valence electrons. The molecule has 3 aliphatic rings. The number of pyridine rings is 1. The molecule has 0 radical (unpaired) electrons. The number of nitrogens with zero attached hydrogens (tertiary/aromatic N) is 2. The molecule has 0 spiro atoms. The molecule has 1 atom stereocenters. The lowest BCUT2D eigenvalue weighted by molar-refractivity contribution is 0.0620. The SMILES string of the molecule is NNc1ncc(Br)cc1C(=O)NC1CN2CCC1CC2. The minimum Gasteiger partial charge on any atom is -0.348 e. The van der Waals surface area contributed by atoms with Crippen LogP contribution in [0.15, 0.2) is 16.7 Å². The predicted molar refractivity (Wildman–Crippen MR) is 80.2 cm³/mol. The van der Waals surface area contributed by atoms with Crippen LogP contribution in [-0.2, 0) is 0 Å². The van der Waals surface area contributed by atoms with Gasteiger partial charge < -0.3 is 15.6 Å². The number of aromatic nitrogens is 1. The Hall–Kier alpha value is -1.18. The molecule has 4 heterocycles. The molecule has 1 aromatic rings. The first-order valence-corrected chi connectivity index (χ1v) is 7.62. The van der Waals surface area contributed by atoms with Gasteiger partial charge in [0.25, 0.3) is 5.91 Å². The van der Waals surface area contributed by atoms with Crippen molar-refractivity contribution in [2.24, 2.45) is 11.8 Å². The quantitative estimate of drug-likeness (QED) is 0.564. The van der Waals surface area contributed by atoms with Crippen LogP contribution in [0, 0.1) is 5.92 Å². The Bertz CT molecular complexity index is 515. The van der Waals surface area contributed by atoms with Gasteiger partial charge in [0, 0.05) is 23.3 Å². The highest BCUT2D eigenvalue weighted by molar-refractivity contribution is 9.10. The lowest BCUT2D eigenvalue weighted by Gasteiger charge is -2.44. The number of rotatable bonds is 3. The van der Waals surface area contributed by atoms with Gasteiger partial charge in [0.15, 0.2) is 5.82 Å². The highest BCUT2D eigenvalue weighted by Gasteiger charge is 2.35. The van der Waals surface area contributed by atoms with Gasteiger partial charge in [-0.15, -0.1) is 0 Å². The van der Waals surface area contributed by atoms with Crippen LogP contribution in [0.2, 0.25) is 0 Å². The molecule has 1 amide bonds. The van der Waals surface area contributed by atoms with E-state index in [0.717, 1.165) is 24.1 Å². The molecule has 2 bridgehead atoms. The third kappa shape index (κ3) is 2.65. The van der Waals surface area contributed by atoms with E-state index in [1.807, 2.05) is 0 Å². The van der Waals surface area contributed by atoms with Crippen LogP contribution in [-0.4, -0.2) is 41.5 Å². The molecule has 4 N–H and O–H groups in total. The molecule has 3 aliphatic heterocycles. The largest absolute Gasteiger partial charge is 0.348 e. The number of nitrogens with two attached hydrogens (primary N) is 1. The Morgan fingerprint density at radius 3 is 2.80 bits per heavy atom. The number of carbonyl (C=O) groups is 1. The van der Waals surface area contributed by atoms with E-state index in [0.29, 0.717) is 17.3 Å². The summed E-state index contributed by atoms with van der Waals surface area (Å²) < 4.78 is 0.760. The second kappa shape index (κ2) is 5.67. The van der Waals surface area contributed by atoms with Gasteiger partial charge in [-0.3, -0.25) is 4.79 Å². The first kappa shape index (κ1) is 13.8. The zero-order chi connectivity index (χ0) is 14.1. The number of nitrogen functional groups attached to an aromatic ring is 1. The van der Waals surface area contributed by atoms with Crippen LogP contribution in [0.4, 0.5) is 5.82 Å². The fourth-order valence-electron chi connectivity index (χ4n) is 3.10. The van der Waals surface area contributed by atoms with Gasteiger partial charge in [0.1, 0.15) is 0 Å². The number of piperidine rings is 3. The summed E-state index contributed by atoms with van der Waals surface area (Å²) >= 11 is 3.33. The van der Waals surface area contributed by atoms with Crippen molar-refractivity contribution in [3.8, 4) is 0 Å². The van der Waals surface area contributed by atoms with Gasteiger partial charge in [0.05, 0.1) is 5.56 Å². The van der Waals surface area contributed by atoms with Crippen LogP contribution < -0.4 is 16.6 Å². The number of anilines is 1. The van der Waals surface area contributed by atoms with Crippen LogP contribution in [0.25, 0.3) is 0 Å². The van der Waals surface area contributed by atoms with Crippen molar-refractivity contribution in [3.63, 3.8) is 0 Å². The monoisotopic (exact) mass is 339 g/mol. The van der Waals surface area contributed by atoms with Gasteiger partial charge in [-0.2, -0.15) is 0 Å². The number of carbonyl (C=O) groups excluding carboxylic acids is 1. The van der Waals surface area contributed by atoms with Crippen LogP contribution in [0.1, 0.15) is 23.2 Å². The number of nitrogens with one attached hydrogen (secondary N) is 2.